The van der Waals surface area contributed by atoms with Gasteiger partial charge in [0.15, 0.2) is 11.5 Å². The number of nitrogens with one attached hydrogen (secondary N) is 1. The molecule has 0 aliphatic carbocycles. The molecular weight excluding hydrogens is 248 g/mol. The second kappa shape index (κ2) is 5.17. The number of amides is 3. The minimum atomic E-state index is -0.420. The summed E-state index contributed by atoms with van der Waals surface area (Å²) in [6.07, 6.45) is 0.278. The number of imide groups is 1. The third-order valence-electron chi connectivity index (χ3n) is 3.03. The summed E-state index contributed by atoms with van der Waals surface area (Å²) >= 11 is 0. The number of ether oxygens (including phenoxy) is 2. The summed E-state index contributed by atoms with van der Waals surface area (Å²) in [5.74, 6) is 0.874. The highest BCUT2D eigenvalue weighted by Gasteiger charge is 2.31. The average Bonchev–Trinajstić information content (AvgIpc) is 2.37. The highest BCUT2D eigenvalue weighted by atomic mass is 16.5. The van der Waals surface area contributed by atoms with Crippen molar-refractivity contribution in [2.75, 3.05) is 19.1 Å². The fourth-order valence-electron chi connectivity index (χ4n) is 2.14. The smallest absolute Gasteiger partial charge is 0.328 e. The summed E-state index contributed by atoms with van der Waals surface area (Å²) in [4.78, 5) is 24.7. The molecule has 3 amide bonds. The molecule has 1 aliphatic heterocycles. The summed E-state index contributed by atoms with van der Waals surface area (Å²) in [7, 11) is 3.08. The summed E-state index contributed by atoms with van der Waals surface area (Å²) < 4.78 is 10.4. The van der Waals surface area contributed by atoms with Gasteiger partial charge >= 0.3 is 6.03 Å². The van der Waals surface area contributed by atoms with Crippen molar-refractivity contribution in [3.05, 3.63) is 18.2 Å². The molecule has 102 valence electrons. The van der Waals surface area contributed by atoms with Crippen LogP contribution in [0.5, 0.6) is 11.5 Å². The number of carbonyl (C=O) groups excluding carboxylic acids is 2. The van der Waals surface area contributed by atoms with Gasteiger partial charge in [0.05, 0.1) is 14.2 Å². The molecule has 6 heteroatoms. The molecule has 1 aromatic rings. The molecule has 1 aliphatic rings. The van der Waals surface area contributed by atoms with E-state index in [0.29, 0.717) is 17.2 Å². The van der Waals surface area contributed by atoms with Gasteiger partial charge in [-0.25, -0.2) is 4.79 Å². The molecule has 1 aromatic carbocycles. The Morgan fingerprint density at radius 1 is 1.21 bits per heavy atom. The second-order valence-electron chi connectivity index (χ2n) is 4.32. The average molecular weight is 264 g/mol. The quantitative estimate of drug-likeness (QED) is 0.899. The van der Waals surface area contributed by atoms with Crippen LogP contribution in [0.15, 0.2) is 18.2 Å². The highest BCUT2D eigenvalue weighted by molar-refractivity contribution is 6.06. The number of nitrogens with zero attached hydrogens (tertiary/aromatic N) is 1. The van der Waals surface area contributed by atoms with Crippen LogP contribution >= 0.6 is 0 Å². The van der Waals surface area contributed by atoms with Gasteiger partial charge in [-0.05, 0) is 19.1 Å². The van der Waals surface area contributed by atoms with E-state index < -0.39 is 6.03 Å². The van der Waals surface area contributed by atoms with Gasteiger partial charge in [-0.3, -0.25) is 15.0 Å². The minimum absolute atomic E-state index is 0.195. The lowest BCUT2D eigenvalue weighted by Crippen LogP contribution is -2.54. The number of carbonyl (C=O) groups is 2. The number of hydrogen-bond donors (Lipinski definition) is 1. The zero-order valence-electron chi connectivity index (χ0n) is 11.1. The van der Waals surface area contributed by atoms with Crippen molar-refractivity contribution in [1.82, 2.24) is 5.32 Å². The van der Waals surface area contributed by atoms with E-state index in [4.69, 9.17) is 9.47 Å². The summed E-state index contributed by atoms with van der Waals surface area (Å²) in [6, 6.07) is 4.58. The monoisotopic (exact) mass is 264 g/mol. The fourth-order valence-corrected chi connectivity index (χ4v) is 2.14. The molecule has 1 unspecified atom stereocenters. The van der Waals surface area contributed by atoms with Gasteiger partial charge in [0, 0.05) is 24.2 Å². The van der Waals surface area contributed by atoms with Crippen molar-refractivity contribution in [3.63, 3.8) is 0 Å². The summed E-state index contributed by atoms with van der Waals surface area (Å²) in [5.41, 5.74) is 0.662. The first-order valence-electron chi connectivity index (χ1n) is 5.92. The summed E-state index contributed by atoms with van der Waals surface area (Å²) in [5, 5.41) is 2.30. The van der Waals surface area contributed by atoms with E-state index in [1.165, 1.54) is 12.0 Å². The zero-order valence-corrected chi connectivity index (χ0v) is 11.1. The van der Waals surface area contributed by atoms with E-state index in [1.807, 2.05) is 6.92 Å². The predicted octanol–water partition coefficient (Wildman–Crippen LogP) is 1.54. The largest absolute Gasteiger partial charge is 0.493 e. The Hall–Kier alpha value is -2.24. The number of hydrogen-bond acceptors (Lipinski definition) is 4. The van der Waals surface area contributed by atoms with E-state index in [2.05, 4.69) is 5.32 Å². The lowest BCUT2D eigenvalue weighted by atomic mass is 10.1. The van der Waals surface area contributed by atoms with Crippen LogP contribution in [-0.4, -0.2) is 32.2 Å². The van der Waals surface area contributed by atoms with Gasteiger partial charge in [-0.15, -0.1) is 0 Å². The number of anilines is 1. The highest BCUT2D eigenvalue weighted by Crippen LogP contribution is 2.33. The number of rotatable bonds is 3. The third kappa shape index (κ3) is 2.47. The molecule has 0 spiro atoms. The molecule has 19 heavy (non-hydrogen) atoms. The molecule has 0 radical (unpaired) electrons. The molecule has 2 rings (SSSR count). The maximum Gasteiger partial charge on any atom is 0.328 e. The number of urea groups is 1. The molecule has 0 saturated carbocycles. The predicted molar refractivity (Wildman–Crippen MR) is 69.6 cm³/mol. The van der Waals surface area contributed by atoms with Crippen molar-refractivity contribution in [2.24, 2.45) is 0 Å². The van der Waals surface area contributed by atoms with E-state index in [1.54, 1.807) is 25.3 Å². The first-order valence-corrected chi connectivity index (χ1v) is 5.92. The zero-order chi connectivity index (χ0) is 14.0. The van der Waals surface area contributed by atoms with Crippen molar-refractivity contribution >= 4 is 17.6 Å². The SMILES string of the molecule is COc1ccc(N2C(=O)NC(=O)CC2C)cc1OC. The molecule has 1 saturated heterocycles. The van der Waals surface area contributed by atoms with Crippen molar-refractivity contribution in [3.8, 4) is 11.5 Å². The van der Waals surface area contributed by atoms with Crippen LogP contribution in [0, 0.1) is 0 Å². The Balaban J connectivity index is 2.35. The molecule has 1 fully saturated rings. The molecule has 1 atom stereocenters. The van der Waals surface area contributed by atoms with Crippen LogP contribution in [-0.2, 0) is 4.79 Å². The molecule has 6 nitrogen and oxygen atoms in total. The van der Waals surface area contributed by atoms with E-state index in [-0.39, 0.29) is 18.4 Å². The van der Waals surface area contributed by atoms with Crippen LogP contribution in [0.1, 0.15) is 13.3 Å². The van der Waals surface area contributed by atoms with Crippen LogP contribution < -0.4 is 19.7 Å². The Labute approximate surface area is 111 Å². The van der Waals surface area contributed by atoms with Gasteiger partial charge in [-0.2, -0.15) is 0 Å². The Morgan fingerprint density at radius 3 is 2.47 bits per heavy atom. The van der Waals surface area contributed by atoms with E-state index in [0.717, 1.165) is 0 Å². The van der Waals surface area contributed by atoms with Gasteiger partial charge in [0.25, 0.3) is 0 Å². The molecular formula is C13H16N2O4. The summed E-state index contributed by atoms with van der Waals surface area (Å²) in [6.45, 7) is 1.83. The first kappa shape index (κ1) is 13.2. The maximum atomic E-state index is 11.9. The van der Waals surface area contributed by atoms with Crippen molar-refractivity contribution in [2.45, 2.75) is 19.4 Å². The Bertz CT molecular complexity index is 515. The number of methoxy groups -OCH3 is 2. The van der Waals surface area contributed by atoms with Crippen LogP contribution in [0.2, 0.25) is 0 Å². The van der Waals surface area contributed by atoms with Gasteiger partial charge in [-0.1, -0.05) is 0 Å². The van der Waals surface area contributed by atoms with Gasteiger partial charge in [0.2, 0.25) is 5.91 Å². The van der Waals surface area contributed by atoms with Crippen molar-refractivity contribution < 1.29 is 19.1 Å². The van der Waals surface area contributed by atoms with Gasteiger partial charge < -0.3 is 9.47 Å². The first-order chi connectivity index (χ1) is 9.06. The minimum Gasteiger partial charge on any atom is -0.493 e. The number of benzene rings is 1. The normalized spacial score (nSPS) is 19.1. The molecule has 0 aromatic heterocycles. The topological polar surface area (TPSA) is 67.9 Å². The van der Waals surface area contributed by atoms with Crippen molar-refractivity contribution in [1.29, 1.82) is 0 Å². The molecule has 1 N–H and O–H groups in total. The van der Waals surface area contributed by atoms with E-state index >= 15 is 0 Å². The van der Waals surface area contributed by atoms with Crippen LogP contribution in [0.3, 0.4) is 0 Å². The van der Waals surface area contributed by atoms with Gasteiger partial charge in [0.1, 0.15) is 0 Å². The molecule has 1 heterocycles. The van der Waals surface area contributed by atoms with E-state index in [9.17, 15) is 9.59 Å². The second-order valence-corrected chi connectivity index (χ2v) is 4.32. The lowest BCUT2D eigenvalue weighted by Gasteiger charge is -2.33. The maximum absolute atomic E-state index is 11.9. The molecule has 0 bridgehead atoms. The Morgan fingerprint density at radius 2 is 1.89 bits per heavy atom. The van der Waals surface area contributed by atoms with Crippen LogP contribution in [0.25, 0.3) is 0 Å². The standard InChI is InChI=1S/C13H16N2O4/c1-8-6-12(16)14-13(17)15(8)9-4-5-10(18-2)11(7-9)19-3/h4-5,7-8H,6H2,1-3H3,(H,14,16,17). The third-order valence-corrected chi connectivity index (χ3v) is 3.03. The van der Waals surface area contributed by atoms with Crippen LogP contribution in [0.4, 0.5) is 10.5 Å². The lowest BCUT2D eigenvalue weighted by molar-refractivity contribution is -0.120. The Kier molecular flexibility index (Phi) is 3.59. The fraction of sp³-hybridized carbons (Fsp3) is 0.385.